The van der Waals surface area contributed by atoms with Gasteiger partial charge in [0.1, 0.15) is 5.51 Å². The topological polar surface area (TPSA) is 54.9 Å². The van der Waals surface area contributed by atoms with E-state index in [9.17, 15) is 4.79 Å². The normalized spacial score (nSPS) is 12.1. The van der Waals surface area contributed by atoms with Gasteiger partial charge in [0.25, 0.3) is 0 Å². The monoisotopic (exact) mass is 343 g/mol. The van der Waals surface area contributed by atoms with Gasteiger partial charge in [-0.3, -0.25) is 4.79 Å². The fourth-order valence-corrected chi connectivity index (χ4v) is 3.09. The standard InChI is InChI=1S/C11H10BrN3OS2/c1-7(18-11-15-13-6-17-11)10(16)14-9-4-2-8(12)3-5-9/h2-7H,1H3,(H,14,16)/t7-/m1/s1. The summed E-state index contributed by atoms with van der Waals surface area (Å²) in [5.74, 6) is -0.0440. The Morgan fingerprint density at radius 1 is 1.44 bits per heavy atom. The maximum absolute atomic E-state index is 11.9. The molecule has 7 heteroatoms. The second-order valence-corrected chi connectivity index (χ2v) is 6.80. The van der Waals surface area contributed by atoms with Crippen LogP contribution in [0.15, 0.2) is 38.6 Å². The number of hydrogen-bond donors (Lipinski definition) is 1. The van der Waals surface area contributed by atoms with E-state index >= 15 is 0 Å². The van der Waals surface area contributed by atoms with E-state index < -0.39 is 0 Å². The van der Waals surface area contributed by atoms with Gasteiger partial charge in [0.05, 0.1) is 5.25 Å². The van der Waals surface area contributed by atoms with E-state index in [1.54, 1.807) is 5.51 Å². The summed E-state index contributed by atoms with van der Waals surface area (Å²) in [5.41, 5.74) is 2.44. The molecule has 0 aliphatic rings. The number of aromatic nitrogens is 2. The first-order valence-corrected chi connectivity index (χ1v) is 7.69. The van der Waals surface area contributed by atoms with Crippen LogP contribution < -0.4 is 5.32 Å². The summed E-state index contributed by atoms with van der Waals surface area (Å²) in [6, 6.07) is 7.48. The number of hydrogen-bond acceptors (Lipinski definition) is 5. The second-order valence-electron chi connectivity index (χ2n) is 3.46. The predicted octanol–water partition coefficient (Wildman–Crippen LogP) is 3.42. The van der Waals surface area contributed by atoms with E-state index in [2.05, 4.69) is 31.4 Å². The maximum atomic E-state index is 11.9. The molecule has 0 aliphatic heterocycles. The van der Waals surface area contributed by atoms with Gasteiger partial charge in [0, 0.05) is 10.2 Å². The fraction of sp³-hybridized carbons (Fsp3) is 0.182. The van der Waals surface area contributed by atoms with Crippen molar-refractivity contribution in [3.63, 3.8) is 0 Å². The smallest absolute Gasteiger partial charge is 0.237 e. The molecule has 0 saturated carbocycles. The highest BCUT2D eigenvalue weighted by atomic mass is 79.9. The van der Waals surface area contributed by atoms with Crippen molar-refractivity contribution in [2.45, 2.75) is 16.5 Å². The summed E-state index contributed by atoms with van der Waals surface area (Å²) in [7, 11) is 0. The second kappa shape index (κ2) is 6.31. The van der Waals surface area contributed by atoms with Gasteiger partial charge in [-0.05, 0) is 31.2 Å². The van der Waals surface area contributed by atoms with Gasteiger partial charge in [-0.2, -0.15) is 0 Å². The summed E-state index contributed by atoms with van der Waals surface area (Å²) in [6.07, 6.45) is 0. The molecule has 1 aromatic carbocycles. The van der Waals surface area contributed by atoms with Gasteiger partial charge in [-0.15, -0.1) is 10.2 Å². The molecular weight excluding hydrogens is 334 g/mol. The van der Waals surface area contributed by atoms with Gasteiger partial charge in [-0.25, -0.2) is 0 Å². The van der Waals surface area contributed by atoms with Crippen LogP contribution in [-0.2, 0) is 4.79 Å². The molecule has 0 fully saturated rings. The van der Waals surface area contributed by atoms with Gasteiger partial charge in [0.2, 0.25) is 5.91 Å². The fourth-order valence-electron chi connectivity index (χ4n) is 1.20. The highest BCUT2D eigenvalue weighted by Crippen LogP contribution is 2.25. The number of benzene rings is 1. The number of carbonyl (C=O) groups excluding carboxylic acids is 1. The van der Waals surface area contributed by atoms with E-state index in [1.165, 1.54) is 23.1 Å². The van der Waals surface area contributed by atoms with Gasteiger partial charge < -0.3 is 5.32 Å². The molecule has 2 aromatic rings. The molecule has 1 atom stereocenters. The van der Waals surface area contributed by atoms with Crippen LogP contribution in [0.2, 0.25) is 0 Å². The first kappa shape index (κ1) is 13.5. The minimum Gasteiger partial charge on any atom is -0.325 e. The van der Waals surface area contributed by atoms with E-state index in [0.29, 0.717) is 0 Å². The van der Waals surface area contributed by atoms with Crippen LogP contribution in [0.25, 0.3) is 0 Å². The number of nitrogens with zero attached hydrogens (tertiary/aromatic N) is 2. The highest BCUT2D eigenvalue weighted by Gasteiger charge is 2.16. The lowest BCUT2D eigenvalue weighted by atomic mass is 10.3. The van der Waals surface area contributed by atoms with E-state index in [1.807, 2.05) is 31.2 Å². The Bertz CT molecular complexity index is 516. The average Bonchev–Trinajstić information content (AvgIpc) is 2.85. The molecular formula is C11H10BrN3OS2. The van der Waals surface area contributed by atoms with Gasteiger partial charge >= 0.3 is 0 Å². The molecule has 1 heterocycles. The molecule has 94 valence electrons. The summed E-state index contributed by atoms with van der Waals surface area (Å²) in [4.78, 5) is 11.9. The zero-order valence-electron chi connectivity index (χ0n) is 9.46. The van der Waals surface area contributed by atoms with E-state index in [4.69, 9.17) is 0 Å². The van der Waals surface area contributed by atoms with Crippen LogP contribution in [0.1, 0.15) is 6.92 Å². The number of amides is 1. The lowest BCUT2D eigenvalue weighted by Gasteiger charge is -2.10. The predicted molar refractivity (Wildman–Crippen MR) is 78.0 cm³/mol. The van der Waals surface area contributed by atoms with Crippen molar-refractivity contribution >= 4 is 50.6 Å². The van der Waals surface area contributed by atoms with Crippen molar-refractivity contribution in [3.8, 4) is 0 Å². The maximum Gasteiger partial charge on any atom is 0.237 e. The summed E-state index contributed by atoms with van der Waals surface area (Å²) < 4.78 is 1.78. The summed E-state index contributed by atoms with van der Waals surface area (Å²) in [6.45, 7) is 1.85. The zero-order valence-corrected chi connectivity index (χ0v) is 12.7. The molecule has 1 aromatic heterocycles. The Morgan fingerprint density at radius 3 is 2.78 bits per heavy atom. The minimum atomic E-state index is -0.207. The van der Waals surface area contributed by atoms with Gasteiger partial charge in [-0.1, -0.05) is 39.0 Å². The van der Waals surface area contributed by atoms with E-state index in [-0.39, 0.29) is 11.2 Å². The van der Waals surface area contributed by atoms with Crippen LogP contribution in [0.3, 0.4) is 0 Å². The Kier molecular flexibility index (Phi) is 4.73. The molecule has 18 heavy (non-hydrogen) atoms. The number of thioether (sulfide) groups is 1. The first-order valence-electron chi connectivity index (χ1n) is 5.14. The number of carbonyl (C=O) groups is 1. The van der Waals surface area contributed by atoms with Crippen LogP contribution in [0, 0.1) is 0 Å². The third-order valence-electron chi connectivity index (χ3n) is 2.10. The average molecular weight is 344 g/mol. The molecule has 0 spiro atoms. The molecule has 4 nitrogen and oxygen atoms in total. The molecule has 0 saturated heterocycles. The summed E-state index contributed by atoms with van der Waals surface area (Å²) >= 11 is 6.19. The summed E-state index contributed by atoms with van der Waals surface area (Å²) in [5, 5.41) is 10.3. The number of nitrogens with one attached hydrogen (secondary N) is 1. The van der Waals surface area contributed by atoms with Gasteiger partial charge in [0.15, 0.2) is 4.34 Å². The van der Waals surface area contributed by atoms with E-state index in [0.717, 1.165) is 14.5 Å². The highest BCUT2D eigenvalue weighted by molar-refractivity contribution is 9.10. The SMILES string of the molecule is C[C@@H](Sc1nncs1)C(=O)Nc1ccc(Br)cc1. The van der Waals surface area contributed by atoms with Crippen molar-refractivity contribution in [2.75, 3.05) is 5.32 Å². The van der Waals surface area contributed by atoms with Crippen molar-refractivity contribution in [1.82, 2.24) is 10.2 Å². The molecule has 0 unspecified atom stereocenters. The lowest BCUT2D eigenvalue weighted by molar-refractivity contribution is -0.115. The molecule has 2 rings (SSSR count). The Balaban J connectivity index is 1.93. The molecule has 1 N–H and O–H groups in total. The van der Waals surface area contributed by atoms with Crippen molar-refractivity contribution in [3.05, 3.63) is 34.2 Å². The van der Waals surface area contributed by atoms with Crippen LogP contribution >= 0.6 is 39.0 Å². The van der Waals surface area contributed by atoms with Crippen LogP contribution in [-0.4, -0.2) is 21.4 Å². The Labute approximate surface area is 121 Å². The number of rotatable bonds is 4. The molecule has 0 aliphatic carbocycles. The Hall–Kier alpha value is -0.920. The third-order valence-corrected chi connectivity index (χ3v) is 4.54. The van der Waals surface area contributed by atoms with Crippen molar-refractivity contribution < 1.29 is 4.79 Å². The minimum absolute atomic E-state index is 0.0440. The lowest BCUT2D eigenvalue weighted by Crippen LogP contribution is -2.22. The first-order chi connectivity index (χ1) is 8.65. The molecule has 0 radical (unpaired) electrons. The third kappa shape index (κ3) is 3.79. The largest absolute Gasteiger partial charge is 0.325 e. The van der Waals surface area contributed by atoms with Crippen LogP contribution in [0.5, 0.6) is 0 Å². The number of halogens is 1. The number of anilines is 1. The van der Waals surface area contributed by atoms with Crippen LogP contribution in [0.4, 0.5) is 5.69 Å². The molecule has 1 amide bonds. The molecule has 0 bridgehead atoms. The quantitative estimate of drug-likeness (QED) is 0.864. The zero-order chi connectivity index (χ0) is 13.0. The Morgan fingerprint density at radius 2 is 2.17 bits per heavy atom. The van der Waals surface area contributed by atoms with Crippen molar-refractivity contribution in [1.29, 1.82) is 0 Å². The van der Waals surface area contributed by atoms with Crippen molar-refractivity contribution in [2.24, 2.45) is 0 Å².